The van der Waals surface area contributed by atoms with Crippen molar-refractivity contribution in [2.75, 3.05) is 19.6 Å². The molecule has 0 radical (unpaired) electrons. The van der Waals surface area contributed by atoms with Crippen LogP contribution in [0.3, 0.4) is 0 Å². The van der Waals surface area contributed by atoms with Crippen LogP contribution in [0.5, 0.6) is 0 Å². The average molecular weight is 428 g/mol. The Morgan fingerprint density at radius 1 is 1.19 bits per heavy atom. The molecule has 1 saturated heterocycles. The highest BCUT2D eigenvalue weighted by atomic mass is 16.6. The Hall–Kier alpha value is -2.87. The molecule has 3 aliphatic rings. The van der Waals surface area contributed by atoms with Crippen LogP contribution < -0.4 is 5.48 Å². The Bertz CT molecular complexity index is 894. The Balaban J connectivity index is 1.59. The normalized spacial score (nSPS) is 24.2. The lowest BCUT2D eigenvalue weighted by molar-refractivity contribution is -0.149. The maximum absolute atomic E-state index is 13.6. The molecule has 0 aromatic heterocycles. The molecule has 1 aliphatic carbocycles. The standard InChI is InChI=1S/C23H29N3O5/c1-15(2)31-22(29)26-14-23(9-10-23)12-18(20(27)24-30)19(26)21(28)25-11-8-17(13-25)16-6-4-3-5-7-16/h3-8,15,18-19,30H,9-14H2,1-2H3,(H,24,27)/t18-,19-/m0/s1. The summed E-state index contributed by atoms with van der Waals surface area (Å²) in [5.74, 6) is -1.76. The fourth-order valence-electron chi connectivity index (χ4n) is 4.70. The topological polar surface area (TPSA) is 99.2 Å². The number of likely N-dealkylation sites (tertiary alicyclic amines) is 1. The number of rotatable bonds is 4. The van der Waals surface area contributed by atoms with Crippen LogP contribution >= 0.6 is 0 Å². The van der Waals surface area contributed by atoms with Gasteiger partial charge >= 0.3 is 6.09 Å². The molecular weight excluding hydrogens is 398 g/mol. The highest BCUT2D eigenvalue weighted by Crippen LogP contribution is 2.55. The minimum absolute atomic E-state index is 0.178. The summed E-state index contributed by atoms with van der Waals surface area (Å²) in [7, 11) is 0. The van der Waals surface area contributed by atoms with Crippen LogP contribution in [0.1, 0.15) is 38.7 Å². The van der Waals surface area contributed by atoms with Crippen LogP contribution in [0.2, 0.25) is 0 Å². The molecule has 2 heterocycles. The van der Waals surface area contributed by atoms with Crippen LogP contribution in [0, 0.1) is 11.3 Å². The van der Waals surface area contributed by atoms with Gasteiger partial charge < -0.3 is 9.64 Å². The maximum Gasteiger partial charge on any atom is 0.410 e. The van der Waals surface area contributed by atoms with E-state index in [1.165, 1.54) is 4.90 Å². The Kier molecular flexibility index (Phi) is 5.75. The summed E-state index contributed by atoms with van der Waals surface area (Å²) in [6.07, 6.45) is 3.30. The van der Waals surface area contributed by atoms with Crippen molar-refractivity contribution in [3.63, 3.8) is 0 Å². The van der Waals surface area contributed by atoms with E-state index in [9.17, 15) is 19.6 Å². The van der Waals surface area contributed by atoms with Gasteiger partial charge in [-0.25, -0.2) is 10.3 Å². The molecule has 0 unspecified atom stereocenters. The molecular formula is C23H29N3O5. The molecule has 2 fully saturated rings. The second kappa shape index (κ2) is 8.34. The van der Waals surface area contributed by atoms with Crippen LogP contribution in [0.25, 0.3) is 5.57 Å². The number of nitrogens with zero attached hydrogens (tertiary/aromatic N) is 2. The molecule has 0 bridgehead atoms. The molecule has 1 aromatic rings. The van der Waals surface area contributed by atoms with Crippen molar-refractivity contribution in [3.8, 4) is 0 Å². The molecule has 1 saturated carbocycles. The molecule has 2 N–H and O–H groups in total. The number of amides is 3. The highest BCUT2D eigenvalue weighted by Gasteiger charge is 2.57. The summed E-state index contributed by atoms with van der Waals surface area (Å²) >= 11 is 0. The SMILES string of the molecule is CC(C)OC(=O)N1CC2(CC2)C[C@H](C(=O)NO)[C@H]1C(=O)N1CC=C(c2ccccc2)C1. The second-order valence-electron chi connectivity index (χ2n) is 9.11. The Morgan fingerprint density at radius 3 is 2.52 bits per heavy atom. The largest absolute Gasteiger partial charge is 0.447 e. The lowest BCUT2D eigenvalue weighted by Crippen LogP contribution is -2.62. The average Bonchev–Trinajstić information content (AvgIpc) is 3.32. The summed E-state index contributed by atoms with van der Waals surface area (Å²) in [6.45, 7) is 4.70. The van der Waals surface area contributed by atoms with Gasteiger partial charge in [0.25, 0.3) is 0 Å². The summed E-state index contributed by atoms with van der Waals surface area (Å²) in [6, 6.07) is 8.81. The molecule has 8 nitrogen and oxygen atoms in total. The smallest absolute Gasteiger partial charge is 0.410 e. The molecule has 1 aromatic carbocycles. The highest BCUT2D eigenvalue weighted by molar-refractivity contribution is 5.94. The van der Waals surface area contributed by atoms with Gasteiger partial charge in [0.15, 0.2) is 0 Å². The minimum Gasteiger partial charge on any atom is -0.447 e. The lowest BCUT2D eigenvalue weighted by Gasteiger charge is -2.44. The van der Waals surface area contributed by atoms with E-state index < -0.39 is 24.0 Å². The predicted molar refractivity (Wildman–Crippen MR) is 113 cm³/mol. The molecule has 3 amide bonds. The van der Waals surface area contributed by atoms with E-state index in [1.54, 1.807) is 24.2 Å². The van der Waals surface area contributed by atoms with E-state index >= 15 is 0 Å². The maximum atomic E-state index is 13.6. The molecule has 4 rings (SSSR count). The van der Waals surface area contributed by atoms with Crippen molar-refractivity contribution in [3.05, 3.63) is 42.0 Å². The first kappa shape index (κ1) is 21.4. The first-order valence-electron chi connectivity index (χ1n) is 10.8. The fraction of sp³-hybridized carbons (Fsp3) is 0.522. The number of hydrogen-bond acceptors (Lipinski definition) is 5. The van der Waals surface area contributed by atoms with Gasteiger partial charge in [0.2, 0.25) is 11.8 Å². The monoisotopic (exact) mass is 427 g/mol. The van der Waals surface area contributed by atoms with Crippen LogP contribution in [-0.2, 0) is 14.3 Å². The molecule has 166 valence electrons. The van der Waals surface area contributed by atoms with Crippen molar-refractivity contribution in [2.24, 2.45) is 11.3 Å². The number of piperidine rings is 1. The minimum atomic E-state index is -1.01. The van der Waals surface area contributed by atoms with Gasteiger partial charge in [-0.3, -0.25) is 19.7 Å². The number of nitrogens with one attached hydrogen (secondary N) is 1. The number of benzene rings is 1. The first-order valence-corrected chi connectivity index (χ1v) is 10.8. The molecule has 8 heteroatoms. The number of hydrogen-bond donors (Lipinski definition) is 2. The zero-order chi connectivity index (χ0) is 22.2. The molecule has 1 spiro atoms. The third kappa shape index (κ3) is 4.30. The third-order valence-electron chi connectivity index (χ3n) is 6.48. The van der Waals surface area contributed by atoms with E-state index in [-0.39, 0.29) is 17.4 Å². The van der Waals surface area contributed by atoms with Gasteiger partial charge in [-0.15, -0.1) is 0 Å². The number of carbonyl (C=O) groups excluding carboxylic acids is 3. The molecule has 2 atom stereocenters. The van der Waals surface area contributed by atoms with E-state index in [0.29, 0.717) is 26.1 Å². The number of carbonyl (C=O) groups is 3. The van der Waals surface area contributed by atoms with Crippen molar-refractivity contribution >= 4 is 23.5 Å². The van der Waals surface area contributed by atoms with Crippen LogP contribution in [0.15, 0.2) is 36.4 Å². The van der Waals surface area contributed by atoms with Gasteiger partial charge in [-0.1, -0.05) is 36.4 Å². The van der Waals surface area contributed by atoms with Crippen molar-refractivity contribution in [1.29, 1.82) is 0 Å². The number of hydroxylamine groups is 1. The predicted octanol–water partition coefficient (Wildman–Crippen LogP) is 2.43. The third-order valence-corrected chi connectivity index (χ3v) is 6.48. The van der Waals surface area contributed by atoms with Crippen molar-refractivity contribution < 1.29 is 24.3 Å². The Morgan fingerprint density at radius 2 is 1.90 bits per heavy atom. The molecule has 31 heavy (non-hydrogen) atoms. The van der Waals surface area contributed by atoms with Gasteiger partial charge in [0.1, 0.15) is 6.04 Å². The van der Waals surface area contributed by atoms with Gasteiger partial charge in [-0.2, -0.15) is 0 Å². The van der Waals surface area contributed by atoms with Gasteiger partial charge in [0, 0.05) is 19.6 Å². The van der Waals surface area contributed by atoms with Gasteiger partial charge in [0.05, 0.1) is 12.0 Å². The van der Waals surface area contributed by atoms with Crippen molar-refractivity contribution in [2.45, 2.75) is 45.3 Å². The summed E-state index contributed by atoms with van der Waals surface area (Å²) < 4.78 is 5.42. The van der Waals surface area contributed by atoms with E-state index in [0.717, 1.165) is 24.0 Å². The van der Waals surface area contributed by atoms with Crippen LogP contribution in [0.4, 0.5) is 4.79 Å². The quantitative estimate of drug-likeness (QED) is 0.568. The lowest BCUT2D eigenvalue weighted by atomic mass is 9.80. The van der Waals surface area contributed by atoms with Gasteiger partial charge in [-0.05, 0) is 49.7 Å². The van der Waals surface area contributed by atoms with E-state index in [2.05, 4.69) is 0 Å². The summed E-state index contributed by atoms with van der Waals surface area (Å²) in [5.41, 5.74) is 3.60. The molecule has 2 aliphatic heterocycles. The van der Waals surface area contributed by atoms with E-state index in [1.807, 2.05) is 36.4 Å². The zero-order valence-electron chi connectivity index (χ0n) is 17.9. The number of ether oxygens (including phenoxy) is 1. The van der Waals surface area contributed by atoms with E-state index in [4.69, 9.17) is 4.74 Å². The first-order chi connectivity index (χ1) is 14.8. The summed E-state index contributed by atoms with van der Waals surface area (Å²) in [5, 5.41) is 9.33. The zero-order valence-corrected chi connectivity index (χ0v) is 17.9. The second-order valence-corrected chi connectivity index (χ2v) is 9.11. The van der Waals surface area contributed by atoms with Crippen LogP contribution in [-0.4, -0.2) is 64.7 Å². The summed E-state index contributed by atoms with van der Waals surface area (Å²) in [4.78, 5) is 42.2. The Labute approximate surface area is 181 Å². The van der Waals surface area contributed by atoms with Crippen molar-refractivity contribution in [1.82, 2.24) is 15.3 Å². The fourth-order valence-corrected chi connectivity index (χ4v) is 4.70.